The van der Waals surface area contributed by atoms with Crippen LogP contribution in [0.25, 0.3) is 0 Å². The first-order valence-electron chi connectivity index (χ1n) is 8.44. The summed E-state index contributed by atoms with van der Waals surface area (Å²) in [5.41, 5.74) is 6.38. The average Bonchev–Trinajstić information content (AvgIpc) is 2.85. The number of fused-ring (bicyclic) bond motifs is 2. The van der Waals surface area contributed by atoms with E-state index in [0.717, 1.165) is 37.7 Å². The second-order valence-electron chi connectivity index (χ2n) is 6.73. The summed E-state index contributed by atoms with van der Waals surface area (Å²) in [4.78, 5) is 33.7. The highest BCUT2D eigenvalue weighted by atomic mass is 16.2. The van der Waals surface area contributed by atoms with E-state index < -0.39 is 5.66 Å². The van der Waals surface area contributed by atoms with Gasteiger partial charge in [-0.3, -0.25) is 19.1 Å². The number of amides is 1. The molecule has 2 aliphatic rings. The van der Waals surface area contributed by atoms with Crippen LogP contribution in [0.15, 0.2) is 23.3 Å². The molecule has 0 saturated heterocycles. The first kappa shape index (κ1) is 15.6. The molecule has 0 radical (unpaired) electrons. The van der Waals surface area contributed by atoms with Crippen LogP contribution in [0.4, 0.5) is 17.3 Å². The number of carbonyl (C=O) groups is 1. The zero-order valence-electron chi connectivity index (χ0n) is 14.0. The van der Waals surface area contributed by atoms with E-state index in [1.807, 2.05) is 6.92 Å². The monoisotopic (exact) mass is 340 g/mol. The third kappa shape index (κ3) is 2.45. The summed E-state index contributed by atoms with van der Waals surface area (Å²) in [5, 5.41) is 6.06. The first-order chi connectivity index (χ1) is 12.0. The fourth-order valence-corrected chi connectivity index (χ4v) is 3.91. The predicted octanol–water partition coefficient (Wildman–Crippen LogP) is 1.63. The molecule has 1 aliphatic carbocycles. The van der Waals surface area contributed by atoms with Crippen molar-refractivity contribution in [3.63, 3.8) is 0 Å². The SMILES string of the molecule is Cc1cc(Nc2cncc(N)n2)c(=O)n2c1C(=O)NC21CCCCC1. The lowest BCUT2D eigenvalue weighted by Gasteiger charge is -2.35. The highest BCUT2D eigenvalue weighted by Crippen LogP contribution is 2.37. The molecule has 1 saturated carbocycles. The summed E-state index contributed by atoms with van der Waals surface area (Å²) in [5.74, 6) is 0.488. The number of nitrogens with two attached hydrogens (primary N) is 1. The van der Waals surface area contributed by atoms with Crippen molar-refractivity contribution in [2.45, 2.75) is 44.7 Å². The van der Waals surface area contributed by atoms with Crippen LogP contribution in [0.5, 0.6) is 0 Å². The Morgan fingerprint density at radius 1 is 1.24 bits per heavy atom. The fraction of sp³-hybridized carbons (Fsp3) is 0.412. The Labute approximate surface area is 144 Å². The molecule has 1 amide bonds. The minimum atomic E-state index is -0.606. The molecule has 8 heteroatoms. The fourth-order valence-electron chi connectivity index (χ4n) is 3.91. The van der Waals surface area contributed by atoms with Gasteiger partial charge in [-0.15, -0.1) is 0 Å². The summed E-state index contributed by atoms with van der Waals surface area (Å²) in [6.45, 7) is 1.84. The first-order valence-corrected chi connectivity index (χ1v) is 8.44. The van der Waals surface area contributed by atoms with Gasteiger partial charge in [-0.2, -0.15) is 0 Å². The second-order valence-corrected chi connectivity index (χ2v) is 6.73. The lowest BCUT2D eigenvalue weighted by molar-refractivity contribution is 0.0876. The second kappa shape index (κ2) is 5.58. The van der Waals surface area contributed by atoms with E-state index in [4.69, 9.17) is 5.73 Å². The quantitative estimate of drug-likeness (QED) is 0.765. The van der Waals surface area contributed by atoms with Gasteiger partial charge in [-0.25, -0.2) is 4.98 Å². The zero-order chi connectivity index (χ0) is 17.6. The summed E-state index contributed by atoms with van der Waals surface area (Å²) in [6, 6.07) is 1.68. The van der Waals surface area contributed by atoms with Crippen LogP contribution in [0, 0.1) is 6.92 Å². The lowest BCUT2D eigenvalue weighted by Crippen LogP contribution is -2.48. The number of aryl methyl sites for hydroxylation is 1. The van der Waals surface area contributed by atoms with E-state index in [1.54, 1.807) is 10.6 Å². The lowest BCUT2D eigenvalue weighted by atomic mass is 9.89. The number of aromatic nitrogens is 3. The number of carbonyl (C=O) groups excluding carboxylic acids is 1. The summed E-state index contributed by atoms with van der Waals surface area (Å²) in [6.07, 6.45) is 7.58. The van der Waals surface area contributed by atoms with Crippen LogP contribution in [0.2, 0.25) is 0 Å². The summed E-state index contributed by atoms with van der Waals surface area (Å²) >= 11 is 0. The molecule has 2 aromatic rings. The van der Waals surface area contributed by atoms with Gasteiger partial charge in [0.2, 0.25) is 0 Å². The highest BCUT2D eigenvalue weighted by Gasteiger charge is 2.45. The number of nitrogen functional groups attached to an aromatic ring is 1. The predicted molar refractivity (Wildman–Crippen MR) is 93.7 cm³/mol. The third-order valence-corrected chi connectivity index (χ3v) is 4.98. The van der Waals surface area contributed by atoms with Gasteiger partial charge in [0.25, 0.3) is 11.5 Å². The van der Waals surface area contributed by atoms with Crippen LogP contribution in [0.3, 0.4) is 0 Å². The number of nitrogens with zero attached hydrogens (tertiary/aromatic N) is 3. The Morgan fingerprint density at radius 2 is 2.00 bits per heavy atom. The Morgan fingerprint density at radius 3 is 2.72 bits per heavy atom. The van der Waals surface area contributed by atoms with Crippen molar-refractivity contribution in [2.75, 3.05) is 11.1 Å². The maximum absolute atomic E-state index is 13.2. The number of pyridine rings is 1. The van der Waals surface area contributed by atoms with Crippen LogP contribution >= 0.6 is 0 Å². The molecule has 0 atom stereocenters. The molecule has 0 aromatic carbocycles. The average molecular weight is 340 g/mol. The minimum absolute atomic E-state index is 0.174. The summed E-state index contributed by atoms with van der Waals surface area (Å²) < 4.78 is 1.64. The molecule has 0 unspecified atom stereocenters. The van der Waals surface area contributed by atoms with Crippen LogP contribution < -0.4 is 21.9 Å². The largest absolute Gasteiger partial charge is 0.382 e. The molecule has 1 fully saturated rings. The maximum atomic E-state index is 13.2. The van der Waals surface area contributed by atoms with Gasteiger partial charge in [0.05, 0.1) is 12.4 Å². The van der Waals surface area contributed by atoms with E-state index in [2.05, 4.69) is 20.6 Å². The van der Waals surface area contributed by atoms with Crippen LogP contribution in [0.1, 0.15) is 48.2 Å². The Balaban J connectivity index is 1.84. The molecule has 1 spiro atoms. The van der Waals surface area contributed by atoms with Crippen molar-refractivity contribution in [3.8, 4) is 0 Å². The molecule has 4 N–H and O–H groups in total. The van der Waals surface area contributed by atoms with Gasteiger partial charge in [0, 0.05) is 0 Å². The molecule has 1 aliphatic heterocycles. The van der Waals surface area contributed by atoms with E-state index in [-0.39, 0.29) is 17.3 Å². The number of hydrogen-bond acceptors (Lipinski definition) is 6. The van der Waals surface area contributed by atoms with E-state index in [0.29, 0.717) is 17.2 Å². The molecular formula is C17H20N6O2. The van der Waals surface area contributed by atoms with Gasteiger partial charge in [-0.1, -0.05) is 6.42 Å². The van der Waals surface area contributed by atoms with E-state index in [1.165, 1.54) is 12.4 Å². The summed E-state index contributed by atoms with van der Waals surface area (Å²) in [7, 11) is 0. The normalized spacial score (nSPS) is 18.0. The Bertz CT molecular complexity index is 914. The molecule has 25 heavy (non-hydrogen) atoms. The van der Waals surface area contributed by atoms with Crippen molar-refractivity contribution < 1.29 is 4.79 Å². The Hall–Kier alpha value is -2.90. The molecule has 2 aromatic heterocycles. The van der Waals surface area contributed by atoms with Gasteiger partial charge in [0.1, 0.15) is 22.9 Å². The smallest absolute Gasteiger partial charge is 0.276 e. The number of anilines is 3. The van der Waals surface area contributed by atoms with Crippen molar-refractivity contribution in [1.29, 1.82) is 0 Å². The van der Waals surface area contributed by atoms with Crippen molar-refractivity contribution in [3.05, 3.63) is 40.1 Å². The van der Waals surface area contributed by atoms with Crippen LogP contribution in [-0.4, -0.2) is 20.4 Å². The molecule has 4 rings (SSSR count). The molecule has 8 nitrogen and oxygen atoms in total. The molecule has 130 valence electrons. The van der Waals surface area contributed by atoms with Gasteiger partial charge in [0.15, 0.2) is 5.82 Å². The van der Waals surface area contributed by atoms with Gasteiger partial charge < -0.3 is 16.4 Å². The minimum Gasteiger partial charge on any atom is -0.382 e. The molecule has 0 bridgehead atoms. The van der Waals surface area contributed by atoms with Crippen molar-refractivity contribution in [2.24, 2.45) is 0 Å². The third-order valence-electron chi connectivity index (χ3n) is 4.98. The zero-order valence-corrected chi connectivity index (χ0v) is 14.0. The molecule has 3 heterocycles. The number of hydrogen-bond donors (Lipinski definition) is 3. The molecular weight excluding hydrogens is 320 g/mol. The van der Waals surface area contributed by atoms with Gasteiger partial charge in [-0.05, 0) is 44.2 Å². The highest BCUT2D eigenvalue weighted by molar-refractivity contribution is 5.97. The Kier molecular flexibility index (Phi) is 3.48. The number of rotatable bonds is 2. The topological polar surface area (TPSA) is 115 Å². The maximum Gasteiger partial charge on any atom is 0.276 e. The standard InChI is InChI=1S/C17H20N6O2/c1-10-7-11(20-13-9-19-8-12(18)21-13)16(25)23-14(10)15(24)22-17(23)5-3-2-4-6-17/h7-9H,2-6H2,1H3,(H,22,24)(H3,18,20,21). The van der Waals surface area contributed by atoms with Gasteiger partial charge >= 0.3 is 0 Å². The van der Waals surface area contributed by atoms with Crippen LogP contribution in [-0.2, 0) is 5.66 Å². The van der Waals surface area contributed by atoms with E-state index >= 15 is 0 Å². The van der Waals surface area contributed by atoms with Crippen molar-refractivity contribution >= 4 is 23.2 Å². The van der Waals surface area contributed by atoms with Crippen molar-refractivity contribution in [1.82, 2.24) is 19.9 Å². The number of nitrogens with one attached hydrogen (secondary N) is 2. The van der Waals surface area contributed by atoms with E-state index in [9.17, 15) is 9.59 Å².